The van der Waals surface area contributed by atoms with Crippen molar-refractivity contribution in [2.45, 2.75) is 25.7 Å². The third kappa shape index (κ3) is 4.76. The quantitative estimate of drug-likeness (QED) is 0.471. The van der Waals surface area contributed by atoms with Crippen LogP contribution in [-0.4, -0.2) is 24.8 Å². The maximum Gasteiger partial charge on any atom is 0.306 e. The van der Waals surface area contributed by atoms with Gasteiger partial charge in [0, 0.05) is 6.42 Å². The van der Waals surface area contributed by atoms with E-state index in [1.807, 2.05) is 0 Å². The first-order valence-electron chi connectivity index (χ1n) is 3.51. The van der Waals surface area contributed by atoms with Crippen LogP contribution in [0.25, 0.3) is 0 Å². The monoisotopic (exact) mass is 180 g/mol. The van der Waals surface area contributed by atoms with Gasteiger partial charge in [-0.3, -0.25) is 9.59 Å². The highest BCUT2D eigenvalue weighted by molar-refractivity contribution is 5.70. The summed E-state index contributed by atoms with van der Waals surface area (Å²) in [4.78, 5) is 20.2. The summed E-state index contributed by atoms with van der Waals surface area (Å²) in [6.07, 6.45) is -1.68. The van der Waals surface area contributed by atoms with Crippen LogP contribution in [0.3, 0.4) is 0 Å². The lowest BCUT2D eigenvalue weighted by Gasteiger charge is -2.06. The molecule has 0 bridgehead atoms. The number of alkyl halides is 2. The zero-order valence-electron chi connectivity index (χ0n) is 6.68. The van der Waals surface area contributed by atoms with E-state index < -0.39 is 31.0 Å². The molecule has 5 heteroatoms. The molecule has 0 amide bonds. The largest absolute Gasteiger partial charge is 0.466 e. The Balaban J connectivity index is 3.67. The lowest BCUT2D eigenvalue weighted by Crippen LogP contribution is -2.19. The Labute approximate surface area is 68.7 Å². The lowest BCUT2D eigenvalue weighted by molar-refractivity contribution is -0.146. The minimum atomic E-state index is -3.41. The number of halogens is 2. The van der Waals surface area contributed by atoms with E-state index in [9.17, 15) is 18.4 Å². The Morgan fingerprint density at radius 2 is 2.17 bits per heavy atom. The van der Waals surface area contributed by atoms with Gasteiger partial charge in [0.25, 0.3) is 0 Å². The van der Waals surface area contributed by atoms with Crippen LogP contribution in [0.2, 0.25) is 0 Å². The van der Waals surface area contributed by atoms with Crippen molar-refractivity contribution in [3.8, 4) is 0 Å². The number of aldehydes is 1. The molecule has 0 rings (SSSR count). The Hall–Kier alpha value is -1.00. The Morgan fingerprint density at radius 1 is 1.58 bits per heavy atom. The van der Waals surface area contributed by atoms with Gasteiger partial charge < -0.3 is 4.74 Å². The van der Waals surface area contributed by atoms with Gasteiger partial charge in [-0.15, -0.1) is 0 Å². The topological polar surface area (TPSA) is 43.4 Å². The molecule has 0 aliphatic rings. The van der Waals surface area contributed by atoms with Gasteiger partial charge in [-0.2, -0.15) is 8.78 Å². The fourth-order valence-corrected chi connectivity index (χ4v) is 0.561. The van der Waals surface area contributed by atoms with Crippen LogP contribution in [0.1, 0.15) is 19.8 Å². The fourth-order valence-electron chi connectivity index (χ4n) is 0.561. The molecule has 0 atom stereocenters. The van der Waals surface area contributed by atoms with E-state index in [1.54, 1.807) is 6.92 Å². The van der Waals surface area contributed by atoms with Crippen LogP contribution in [0.15, 0.2) is 0 Å². The van der Waals surface area contributed by atoms with Crippen LogP contribution >= 0.6 is 0 Å². The fraction of sp³-hybridized carbons (Fsp3) is 0.714. The van der Waals surface area contributed by atoms with Crippen LogP contribution in [0.5, 0.6) is 0 Å². The van der Waals surface area contributed by atoms with Crippen molar-refractivity contribution in [3.05, 3.63) is 0 Å². The van der Waals surface area contributed by atoms with Gasteiger partial charge in [-0.25, -0.2) is 0 Å². The summed E-state index contributed by atoms with van der Waals surface area (Å²) in [6, 6.07) is 0. The highest BCUT2D eigenvalue weighted by Crippen LogP contribution is 2.17. The molecule has 0 aromatic carbocycles. The average Bonchev–Trinajstić information content (AvgIpc) is 2.02. The summed E-state index contributed by atoms with van der Waals surface area (Å²) in [5, 5.41) is 0. The van der Waals surface area contributed by atoms with Crippen LogP contribution in [0.4, 0.5) is 8.78 Å². The first-order chi connectivity index (χ1) is 5.52. The van der Waals surface area contributed by atoms with Gasteiger partial charge >= 0.3 is 11.9 Å². The summed E-state index contributed by atoms with van der Waals surface area (Å²) >= 11 is 0. The van der Waals surface area contributed by atoms with Crippen molar-refractivity contribution in [2.24, 2.45) is 0 Å². The number of hydrogen-bond donors (Lipinski definition) is 0. The second-order valence-electron chi connectivity index (χ2n) is 2.18. The normalized spacial score (nSPS) is 10.9. The molecule has 0 aromatic heterocycles. The highest BCUT2D eigenvalue weighted by atomic mass is 19.3. The molecule has 0 unspecified atom stereocenters. The maximum atomic E-state index is 12.2. The molecular formula is C7H10F2O3. The van der Waals surface area contributed by atoms with Crippen molar-refractivity contribution in [1.29, 1.82) is 0 Å². The zero-order chi connectivity index (χ0) is 9.61. The van der Waals surface area contributed by atoms with Crippen LogP contribution < -0.4 is 0 Å². The molecular weight excluding hydrogens is 170 g/mol. The molecule has 3 nitrogen and oxygen atoms in total. The predicted octanol–water partition coefficient (Wildman–Crippen LogP) is 1.16. The number of hydrogen-bond acceptors (Lipinski definition) is 3. The summed E-state index contributed by atoms with van der Waals surface area (Å²) < 4.78 is 28.7. The maximum absolute atomic E-state index is 12.2. The number of carbonyl (C=O) groups is 2. The van der Waals surface area contributed by atoms with Crippen molar-refractivity contribution < 1.29 is 23.1 Å². The summed E-state index contributed by atoms with van der Waals surface area (Å²) in [6.45, 7) is 1.74. The summed E-state index contributed by atoms with van der Waals surface area (Å²) in [5.41, 5.74) is 0. The molecule has 0 aromatic rings. The third-order valence-electron chi connectivity index (χ3n) is 1.14. The van der Waals surface area contributed by atoms with Crippen molar-refractivity contribution in [3.63, 3.8) is 0 Å². The van der Waals surface area contributed by atoms with Crippen LogP contribution in [0, 0.1) is 0 Å². The molecule has 0 saturated carbocycles. The highest BCUT2D eigenvalue weighted by Gasteiger charge is 2.28. The van der Waals surface area contributed by atoms with Gasteiger partial charge in [0.15, 0.2) is 6.29 Å². The molecule has 70 valence electrons. The van der Waals surface area contributed by atoms with Gasteiger partial charge in [0.2, 0.25) is 0 Å². The van der Waals surface area contributed by atoms with Gasteiger partial charge in [-0.05, 0) is 6.92 Å². The molecule has 12 heavy (non-hydrogen) atoms. The third-order valence-corrected chi connectivity index (χ3v) is 1.14. The van der Waals surface area contributed by atoms with E-state index in [4.69, 9.17) is 0 Å². The molecule has 0 heterocycles. The van der Waals surface area contributed by atoms with Gasteiger partial charge in [0.1, 0.15) is 0 Å². The van der Waals surface area contributed by atoms with Crippen molar-refractivity contribution in [1.82, 2.24) is 0 Å². The minimum Gasteiger partial charge on any atom is -0.466 e. The van der Waals surface area contributed by atoms with Gasteiger partial charge in [0.05, 0.1) is 13.0 Å². The van der Waals surface area contributed by atoms with Gasteiger partial charge in [-0.1, -0.05) is 0 Å². The standard InChI is InChI=1S/C7H10F2O3/c1-2-12-6(11)3-4-7(8,9)5-10/h5H,2-4H2,1H3. The summed E-state index contributed by atoms with van der Waals surface area (Å²) in [5.74, 6) is -4.12. The first-order valence-corrected chi connectivity index (χ1v) is 3.51. The lowest BCUT2D eigenvalue weighted by atomic mass is 10.2. The number of ether oxygens (including phenoxy) is 1. The van der Waals surface area contributed by atoms with E-state index in [-0.39, 0.29) is 6.61 Å². The number of esters is 1. The second-order valence-corrected chi connectivity index (χ2v) is 2.18. The van der Waals surface area contributed by atoms with Crippen molar-refractivity contribution >= 4 is 12.3 Å². The zero-order valence-corrected chi connectivity index (χ0v) is 6.68. The Kier molecular flexibility index (Phi) is 4.39. The molecule has 0 aliphatic heterocycles. The second kappa shape index (κ2) is 4.79. The molecule has 0 radical (unpaired) electrons. The Bertz CT molecular complexity index is 168. The molecule has 0 spiro atoms. The van der Waals surface area contributed by atoms with E-state index in [1.165, 1.54) is 0 Å². The molecule has 0 fully saturated rings. The smallest absolute Gasteiger partial charge is 0.306 e. The first kappa shape index (κ1) is 11.0. The number of carbonyl (C=O) groups excluding carboxylic acids is 2. The predicted molar refractivity (Wildman–Crippen MR) is 36.9 cm³/mol. The van der Waals surface area contributed by atoms with Crippen LogP contribution in [-0.2, 0) is 14.3 Å². The SMILES string of the molecule is CCOC(=O)CCC(F)(F)C=O. The van der Waals surface area contributed by atoms with E-state index in [0.29, 0.717) is 0 Å². The molecule has 0 N–H and O–H groups in total. The van der Waals surface area contributed by atoms with E-state index in [0.717, 1.165) is 0 Å². The van der Waals surface area contributed by atoms with E-state index in [2.05, 4.69) is 4.74 Å². The summed E-state index contributed by atoms with van der Waals surface area (Å²) in [7, 11) is 0. The average molecular weight is 180 g/mol. The van der Waals surface area contributed by atoms with E-state index >= 15 is 0 Å². The minimum absolute atomic E-state index is 0.158. The Morgan fingerprint density at radius 3 is 2.58 bits per heavy atom. The molecule has 0 aliphatic carbocycles. The molecule has 0 saturated heterocycles. The van der Waals surface area contributed by atoms with Crippen molar-refractivity contribution in [2.75, 3.05) is 6.61 Å². The number of rotatable bonds is 5.